The van der Waals surface area contributed by atoms with E-state index in [4.69, 9.17) is 4.74 Å². The van der Waals surface area contributed by atoms with Gasteiger partial charge in [-0.3, -0.25) is 4.79 Å². The molecule has 3 unspecified atom stereocenters. The summed E-state index contributed by atoms with van der Waals surface area (Å²) in [7, 11) is 0. The van der Waals surface area contributed by atoms with Crippen molar-refractivity contribution < 1.29 is 9.53 Å². The lowest BCUT2D eigenvalue weighted by Gasteiger charge is -2.47. The zero-order valence-electron chi connectivity index (χ0n) is 9.22. The zero-order valence-corrected chi connectivity index (χ0v) is 9.22. The maximum atomic E-state index is 11.5. The van der Waals surface area contributed by atoms with E-state index in [1.54, 1.807) is 0 Å². The molecule has 0 amide bonds. The Morgan fingerprint density at radius 2 is 2.07 bits per heavy atom. The van der Waals surface area contributed by atoms with Gasteiger partial charge in [-0.2, -0.15) is 0 Å². The van der Waals surface area contributed by atoms with Gasteiger partial charge in [0.15, 0.2) is 0 Å². The molecule has 14 heavy (non-hydrogen) atoms. The van der Waals surface area contributed by atoms with Gasteiger partial charge in [0.1, 0.15) is 5.60 Å². The van der Waals surface area contributed by atoms with Crippen LogP contribution in [0.15, 0.2) is 0 Å². The number of esters is 1. The molecule has 1 heterocycles. The molecule has 2 saturated carbocycles. The van der Waals surface area contributed by atoms with Crippen LogP contribution in [0.25, 0.3) is 0 Å². The van der Waals surface area contributed by atoms with E-state index in [1.165, 1.54) is 19.3 Å². The monoisotopic (exact) mass is 194 g/mol. The van der Waals surface area contributed by atoms with Crippen LogP contribution in [0.3, 0.4) is 0 Å². The molecule has 3 rings (SSSR count). The Balaban J connectivity index is 2.15. The highest BCUT2D eigenvalue weighted by Crippen LogP contribution is 2.73. The Bertz CT molecular complexity index is 320. The van der Waals surface area contributed by atoms with Crippen LogP contribution in [0.5, 0.6) is 0 Å². The highest BCUT2D eigenvalue weighted by atomic mass is 16.6. The summed E-state index contributed by atoms with van der Waals surface area (Å²) >= 11 is 0. The van der Waals surface area contributed by atoms with E-state index in [-0.39, 0.29) is 22.4 Å². The van der Waals surface area contributed by atoms with Gasteiger partial charge in [-0.05, 0) is 32.1 Å². The standard InChI is InChI=1S/C12H18O2/c1-10(2)8-4-5-12(6-8)7-9(13)14-11(10,12)3/h8H,4-7H2,1-3H3. The maximum absolute atomic E-state index is 11.5. The summed E-state index contributed by atoms with van der Waals surface area (Å²) in [5, 5.41) is 0. The van der Waals surface area contributed by atoms with E-state index in [0.717, 1.165) is 5.92 Å². The van der Waals surface area contributed by atoms with Gasteiger partial charge < -0.3 is 4.74 Å². The Labute approximate surface area is 85.0 Å². The van der Waals surface area contributed by atoms with Crippen LogP contribution in [0.4, 0.5) is 0 Å². The molecular formula is C12H18O2. The largest absolute Gasteiger partial charge is 0.458 e. The Morgan fingerprint density at radius 3 is 2.71 bits per heavy atom. The molecule has 1 aliphatic heterocycles. The number of hydrogen-bond donors (Lipinski definition) is 0. The maximum Gasteiger partial charge on any atom is 0.307 e. The number of carbonyl (C=O) groups is 1. The van der Waals surface area contributed by atoms with Crippen molar-refractivity contribution in [3.63, 3.8) is 0 Å². The van der Waals surface area contributed by atoms with Crippen LogP contribution in [-0.4, -0.2) is 11.6 Å². The minimum Gasteiger partial charge on any atom is -0.458 e. The molecule has 2 aliphatic carbocycles. The minimum absolute atomic E-state index is 0.0286. The van der Waals surface area contributed by atoms with Crippen molar-refractivity contribution in [1.29, 1.82) is 0 Å². The van der Waals surface area contributed by atoms with Crippen molar-refractivity contribution in [3.05, 3.63) is 0 Å². The molecule has 3 aliphatic rings. The molecule has 0 radical (unpaired) electrons. The lowest BCUT2D eigenvalue weighted by molar-refractivity contribution is -0.165. The first-order valence-electron chi connectivity index (χ1n) is 5.63. The van der Waals surface area contributed by atoms with E-state index in [2.05, 4.69) is 20.8 Å². The SMILES string of the molecule is CC1(C)C2CCC3(CC(=O)OC31C)C2. The van der Waals surface area contributed by atoms with E-state index >= 15 is 0 Å². The second-order valence-corrected chi connectivity index (χ2v) is 6.13. The van der Waals surface area contributed by atoms with E-state index in [9.17, 15) is 4.79 Å². The average Bonchev–Trinajstić information content (AvgIpc) is 2.61. The average molecular weight is 194 g/mol. The Kier molecular flexibility index (Phi) is 1.27. The molecule has 3 fully saturated rings. The molecule has 1 saturated heterocycles. The lowest BCUT2D eigenvalue weighted by atomic mass is 9.61. The molecule has 2 nitrogen and oxygen atoms in total. The molecular weight excluding hydrogens is 176 g/mol. The first-order valence-corrected chi connectivity index (χ1v) is 5.63. The molecule has 0 aromatic carbocycles. The number of hydrogen-bond acceptors (Lipinski definition) is 2. The molecule has 0 aromatic heterocycles. The fraction of sp³-hybridized carbons (Fsp3) is 0.917. The summed E-state index contributed by atoms with van der Waals surface area (Å²) in [6.07, 6.45) is 4.37. The van der Waals surface area contributed by atoms with E-state index < -0.39 is 0 Å². The Morgan fingerprint density at radius 1 is 1.36 bits per heavy atom. The summed E-state index contributed by atoms with van der Waals surface area (Å²) in [5.41, 5.74) is 0.190. The van der Waals surface area contributed by atoms with Crippen LogP contribution in [0.1, 0.15) is 46.5 Å². The molecule has 0 N–H and O–H groups in total. The normalized spacial score (nSPS) is 53.4. The van der Waals surface area contributed by atoms with E-state index in [0.29, 0.717) is 6.42 Å². The molecule has 2 bridgehead atoms. The van der Waals surface area contributed by atoms with Crippen LogP contribution in [-0.2, 0) is 9.53 Å². The zero-order chi connectivity index (χ0) is 10.2. The number of carbonyl (C=O) groups excluding carboxylic acids is 1. The van der Waals surface area contributed by atoms with Crippen molar-refractivity contribution in [2.75, 3.05) is 0 Å². The highest BCUT2D eigenvalue weighted by Gasteiger charge is 2.74. The third-order valence-electron chi connectivity index (χ3n) is 5.67. The van der Waals surface area contributed by atoms with Gasteiger partial charge in [0.05, 0.1) is 6.42 Å². The quantitative estimate of drug-likeness (QED) is 0.554. The highest BCUT2D eigenvalue weighted by molar-refractivity contribution is 5.75. The number of ether oxygens (including phenoxy) is 1. The van der Waals surface area contributed by atoms with Gasteiger partial charge in [-0.25, -0.2) is 0 Å². The fourth-order valence-electron chi connectivity index (χ4n) is 4.36. The summed E-state index contributed by atoms with van der Waals surface area (Å²) in [5.74, 6) is 0.793. The van der Waals surface area contributed by atoms with Crippen molar-refractivity contribution in [3.8, 4) is 0 Å². The van der Waals surface area contributed by atoms with Gasteiger partial charge in [-0.15, -0.1) is 0 Å². The summed E-state index contributed by atoms with van der Waals surface area (Å²) < 4.78 is 5.67. The van der Waals surface area contributed by atoms with Crippen LogP contribution in [0, 0.1) is 16.7 Å². The predicted octanol–water partition coefficient (Wildman–Crippen LogP) is 2.52. The smallest absolute Gasteiger partial charge is 0.307 e. The minimum atomic E-state index is -0.181. The fourth-order valence-corrected chi connectivity index (χ4v) is 4.36. The third-order valence-corrected chi connectivity index (χ3v) is 5.67. The molecule has 0 aromatic rings. The van der Waals surface area contributed by atoms with Crippen LogP contribution < -0.4 is 0 Å². The summed E-state index contributed by atoms with van der Waals surface area (Å²) in [6, 6.07) is 0. The first kappa shape index (κ1) is 8.75. The third kappa shape index (κ3) is 0.636. The van der Waals surface area contributed by atoms with Crippen LogP contribution >= 0.6 is 0 Å². The Hall–Kier alpha value is -0.530. The van der Waals surface area contributed by atoms with Gasteiger partial charge >= 0.3 is 5.97 Å². The second-order valence-electron chi connectivity index (χ2n) is 6.13. The van der Waals surface area contributed by atoms with Crippen molar-refractivity contribution >= 4 is 5.97 Å². The lowest BCUT2D eigenvalue weighted by Crippen LogP contribution is -2.50. The van der Waals surface area contributed by atoms with Gasteiger partial charge in [0, 0.05) is 10.8 Å². The van der Waals surface area contributed by atoms with E-state index in [1.807, 2.05) is 0 Å². The molecule has 2 heteroatoms. The molecule has 78 valence electrons. The van der Waals surface area contributed by atoms with Crippen molar-refractivity contribution in [2.24, 2.45) is 16.7 Å². The topological polar surface area (TPSA) is 26.3 Å². The first-order chi connectivity index (χ1) is 6.41. The van der Waals surface area contributed by atoms with Crippen molar-refractivity contribution in [2.45, 2.75) is 52.1 Å². The van der Waals surface area contributed by atoms with Gasteiger partial charge in [-0.1, -0.05) is 13.8 Å². The summed E-state index contributed by atoms with van der Waals surface area (Å²) in [6.45, 7) is 6.71. The molecule has 1 spiro atoms. The second kappa shape index (κ2) is 2.02. The number of rotatable bonds is 0. The predicted molar refractivity (Wildman–Crippen MR) is 52.7 cm³/mol. The van der Waals surface area contributed by atoms with Crippen molar-refractivity contribution in [1.82, 2.24) is 0 Å². The van der Waals surface area contributed by atoms with Gasteiger partial charge in [0.2, 0.25) is 0 Å². The van der Waals surface area contributed by atoms with Gasteiger partial charge in [0.25, 0.3) is 0 Å². The molecule has 3 atom stereocenters. The summed E-state index contributed by atoms with van der Waals surface area (Å²) in [4.78, 5) is 11.5. The number of fused-ring (bicyclic) bond motifs is 1. The van der Waals surface area contributed by atoms with Crippen LogP contribution in [0.2, 0.25) is 0 Å².